The summed E-state index contributed by atoms with van der Waals surface area (Å²) in [6, 6.07) is 15.5. The highest BCUT2D eigenvalue weighted by Gasteiger charge is 2.34. The van der Waals surface area contributed by atoms with E-state index in [0.717, 1.165) is 57.6 Å². The molecule has 3 heterocycles. The van der Waals surface area contributed by atoms with Crippen molar-refractivity contribution in [2.75, 3.05) is 26.2 Å². The molecule has 1 aromatic heterocycles. The van der Waals surface area contributed by atoms with E-state index in [2.05, 4.69) is 11.0 Å². The lowest BCUT2D eigenvalue weighted by molar-refractivity contribution is 0.0571. The Bertz CT molecular complexity index is 820. The highest BCUT2D eigenvalue weighted by molar-refractivity contribution is 5.20. The second-order valence-electron chi connectivity index (χ2n) is 8.23. The molecule has 150 valence electrons. The summed E-state index contributed by atoms with van der Waals surface area (Å²) < 4.78 is 7.67. The van der Waals surface area contributed by atoms with Crippen molar-refractivity contribution in [2.45, 2.75) is 44.2 Å². The Hall–Kier alpha value is -2.11. The van der Waals surface area contributed by atoms with Crippen LogP contribution in [-0.2, 0) is 6.54 Å². The summed E-state index contributed by atoms with van der Waals surface area (Å²) in [7, 11) is 0. The number of aliphatic hydroxyl groups is 1. The van der Waals surface area contributed by atoms with E-state index in [0.29, 0.717) is 18.4 Å². The summed E-state index contributed by atoms with van der Waals surface area (Å²) in [5, 5.41) is 10.5. The van der Waals surface area contributed by atoms with Crippen LogP contribution < -0.4 is 10.3 Å². The van der Waals surface area contributed by atoms with Gasteiger partial charge in [-0.15, -0.1) is 0 Å². The van der Waals surface area contributed by atoms with Crippen LogP contribution in [0.3, 0.4) is 0 Å². The Balaban J connectivity index is 1.20. The molecule has 0 saturated carbocycles. The van der Waals surface area contributed by atoms with E-state index in [-0.39, 0.29) is 11.7 Å². The van der Waals surface area contributed by atoms with Gasteiger partial charge in [0.15, 0.2) is 0 Å². The molecule has 1 N–H and O–H groups in total. The van der Waals surface area contributed by atoms with Gasteiger partial charge in [-0.3, -0.25) is 9.69 Å². The molecular formula is C23H30N2O3. The molecule has 0 aliphatic carbocycles. The van der Waals surface area contributed by atoms with E-state index >= 15 is 0 Å². The van der Waals surface area contributed by atoms with Crippen molar-refractivity contribution in [2.24, 2.45) is 5.92 Å². The summed E-state index contributed by atoms with van der Waals surface area (Å²) in [5.41, 5.74) is 1.29. The molecule has 1 fully saturated rings. The predicted molar refractivity (Wildman–Crippen MR) is 110 cm³/mol. The highest BCUT2D eigenvalue weighted by atomic mass is 16.5. The SMILES string of the molecule is O=c1cccc2n1C[C@H]1C[C@H]2CN(CC(O)CCCCOc2ccccc2)C1. The van der Waals surface area contributed by atoms with Gasteiger partial charge in [0.2, 0.25) is 0 Å². The fraction of sp³-hybridized carbons (Fsp3) is 0.522. The number of likely N-dealkylation sites (tertiary alicyclic amines) is 1. The maximum atomic E-state index is 12.1. The van der Waals surface area contributed by atoms with Gasteiger partial charge in [0.1, 0.15) is 5.75 Å². The number of ether oxygens (including phenoxy) is 1. The zero-order chi connectivity index (χ0) is 19.3. The molecule has 3 atom stereocenters. The number of pyridine rings is 1. The molecular weight excluding hydrogens is 352 g/mol. The summed E-state index contributed by atoms with van der Waals surface area (Å²) in [5.74, 6) is 1.83. The monoisotopic (exact) mass is 382 g/mol. The van der Waals surface area contributed by atoms with Crippen LogP contribution in [0.4, 0.5) is 0 Å². The highest BCUT2D eigenvalue weighted by Crippen LogP contribution is 2.34. The number of hydrogen-bond donors (Lipinski definition) is 1. The number of aromatic nitrogens is 1. The number of hydrogen-bond acceptors (Lipinski definition) is 4. The summed E-state index contributed by atoms with van der Waals surface area (Å²) >= 11 is 0. The van der Waals surface area contributed by atoms with Gasteiger partial charge < -0.3 is 14.4 Å². The Morgan fingerprint density at radius 2 is 1.89 bits per heavy atom. The van der Waals surface area contributed by atoms with Crippen molar-refractivity contribution in [3.05, 3.63) is 64.6 Å². The van der Waals surface area contributed by atoms with E-state index in [1.54, 1.807) is 6.07 Å². The summed E-state index contributed by atoms with van der Waals surface area (Å²) in [6.07, 6.45) is 3.58. The van der Waals surface area contributed by atoms with Crippen molar-refractivity contribution < 1.29 is 9.84 Å². The van der Waals surface area contributed by atoms with Gasteiger partial charge in [0, 0.05) is 43.9 Å². The molecule has 2 bridgehead atoms. The van der Waals surface area contributed by atoms with Gasteiger partial charge in [-0.1, -0.05) is 24.3 Å². The fourth-order valence-electron chi connectivity index (χ4n) is 4.72. The number of fused-ring (bicyclic) bond motifs is 4. The second kappa shape index (κ2) is 8.93. The largest absolute Gasteiger partial charge is 0.494 e. The van der Waals surface area contributed by atoms with Crippen molar-refractivity contribution in [1.82, 2.24) is 9.47 Å². The normalized spacial score (nSPS) is 22.5. The molecule has 1 aromatic carbocycles. The Kier molecular flexibility index (Phi) is 6.13. The van der Waals surface area contributed by atoms with Crippen LogP contribution in [0.15, 0.2) is 53.3 Å². The Morgan fingerprint density at radius 1 is 1.04 bits per heavy atom. The van der Waals surface area contributed by atoms with E-state index in [1.807, 2.05) is 41.0 Å². The molecule has 4 rings (SSSR count). The number of piperidine rings is 1. The third kappa shape index (κ3) is 4.65. The first-order chi connectivity index (χ1) is 13.7. The van der Waals surface area contributed by atoms with E-state index in [9.17, 15) is 9.90 Å². The lowest BCUT2D eigenvalue weighted by atomic mass is 9.83. The number of nitrogens with zero attached hydrogens (tertiary/aromatic N) is 2. The van der Waals surface area contributed by atoms with Crippen LogP contribution in [-0.4, -0.2) is 46.9 Å². The summed E-state index contributed by atoms with van der Waals surface area (Å²) in [6.45, 7) is 4.15. The van der Waals surface area contributed by atoms with Gasteiger partial charge in [0.05, 0.1) is 12.7 Å². The first-order valence-corrected chi connectivity index (χ1v) is 10.5. The van der Waals surface area contributed by atoms with Crippen molar-refractivity contribution >= 4 is 0 Å². The molecule has 5 nitrogen and oxygen atoms in total. The maximum absolute atomic E-state index is 12.1. The Labute approximate surface area is 166 Å². The number of benzene rings is 1. The predicted octanol–water partition coefficient (Wildman–Crippen LogP) is 2.88. The summed E-state index contributed by atoms with van der Waals surface area (Å²) in [4.78, 5) is 14.5. The molecule has 1 unspecified atom stereocenters. The maximum Gasteiger partial charge on any atom is 0.250 e. The van der Waals surface area contributed by atoms with Crippen LogP contribution in [0.5, 0.6) is 5.75 Å². The minimum Gasteiger partial charge on any atom is -0.494 e. The van der Waals surface area contributed by atoms with Gasteiger partial charge in [-0.2, -0.15) is 0 Å². The fourth-order valence-corrected chi connectivity index (χ4v) is 4.72. The lowest BCUT2D eigenvalue weighted by Gasteiger charge is -2.43. The lowest BCUT2D eigenvalue weighted by Crippen LogP contribution is -2.48. The third-order valence-electron chi connectivity index (χ3n) is 5.97. The van der Waals surface area contributed by atoms with Crippen molar-refractivity contribution in [3.8, 4) is 5.75 Å². The van der Waals surface area contributed by atoms with Gasteiger partial charge in [-0.05, 0) is 49.8 Å². The molecule has 28 heavy (non-hydrogen) atoms. The third-order valence-corrected chi connectivity index (χ3v) is 5.97. The zero-order valence-electron chi connectivity index (χ0n) is 16.4. The number of β-amino-alcohol motifs (C(OH)–C–C–N with tert-alkyl or cyclic N) is 1. The van der Waals surface area contributed by atoms with Crippen LogP contribution in [0, 0.1) is 5.92 Å². The van der Waals surface area contributed by atoms with E-state index in [1.165, 1.54) is 5.69 Å². The molecule has 0 radical (unpaired) electrons. The van der Waals surface area contributed by atoms with Gasteiger partial charge in [-0.25, -0.2) is 0 Å². The standard InChI is InChI=1S/C23H30N2O3/c26-20(7-4-5-12-28-21-8-2-1-3-9-21)17-24-14-18-13-19(16-24)22-10-6-11-23(27)25(22)15-18/h1-3,6,8-11,18-20,26H,4-5,7,12-17H2/t18-,19-,20?/m0/s1. The number of aliphatic hydroxyl groups excluding tert-OH is 1. The van der Waals surface area contributed by atoms with Crippen LogP contribution in [0.1, 0.15) is 37.3 Å². The van der Waals surface area contributed by atoms with E-state index in [4.69, 9.17) is 4.74 Å². The molecule has 5 heteroatoms. The molecule has 0 amide bonds. The average molecular weight is 383 g/mol. The van der Waals surface area contributed by atoms with Crippen molar-refractivity contribution in [1.29, 1.82) is 0 Å². The molecule has 2 aliphatic rings. The van der Waals surface area contributed by atoms with Crippen LogP contribution in [0.25, 0.3) is 0 Å². The molecule has 2 aliphatic heterocycles. The minimum atomic E-state index is -0.298. The van der Waals surface area contributed by atoms with Crippen molar-refractivity contribution in [3.63, 3.8) is 0 Å². The second-order valence-corrected chi connectivity index (χ2v) is 8.23. The number of para-hydroxylation sites is 1. The topological polar surface area (TPSA) is 54.7 Å². The zero-order valence-corrected chi connectivity index (χ0v) is 16.4. The van der Waals surface area contributed by atoms with E-state index < -0.39 is 0 Å². The molecule has 1 saturated heterocycles. The number of unbranched alkanes of at least 4 members (excludes halogenated alkanes) is 1. The quantitative estimate of drug-likeness (QED) is 0.714. The van der Waals surface area contributed by atoms with Gasteiger partial charge in [0.25, 0.3) is 5.56 Å². The first kappa shape index (κ1) is 19.2. The smallest absolute Gasteiger partial charge is 0.250 e. The van der Waals surface area contributed by atoms with Gasteiger partial charge >= 0.3 is 0 Å². The number of rotatable bonds is 8. The van der Waals surface area contributed by atoms with Crippen LogP contribution in [0.2, 0.25) is 0 Å². The first-order valence-electron chi connectivity index (χ1n) is 10.5. The van der Waals surface area contributed by atoms with Crippen LogP contribution >= 0.6 is 0 Å². The minimum absolute atomic E-state index is 0.124. The molecule has 0 spiro atoms. The Morgan fingerprint density at radius 3 is 2.75 bits per heavy atom. The molecule has 2 aromatic rings. The average Bonchev–Trinajstić information content (AvgIpc) is 2.69.